The van der Waals surface area contributed by atoms with Crippen molar-refractivity contribution in [1.82, 2.24) is 5.32 Å². The highest BCUT2D eigenvalue weighted by atomic mass is 16.5. The Balaban J connectivity index is 1.71. The van der Waals surface area contributed by atoms with Gasteiger partial charge in [-0.15, -0.1) is 0 Å². The Morgan fingerprint density at radius 3 is 2.75 bits per heavy atom. The monoisotopic (exact) mass is 277 g/mol. The average molecular weight is 277 g/mol. The molecule has 3 nitrogen and oxygen atoms in total. The Bertz CT molecular complexity index is 413. The molecule has 1 saturated carbocycles. The number of aliphatic hydroxyl groups excluding tert-OH is 1. The Morgan fingerprint density at radius 1 is 1.25 bits per heavy atom. The lowest BCUT2D eigenvalue weighted by Crippen LogP contribution is -2.39. The van der Waals surface area contributed by atoms with Gasteiger partial charge in [0.05, 0.1) is 0 Å². The van der Waals surface area contributed by atoms with Crippen molar-refractivity contribution in [3.63, 3.8) is 0 Å². The Hall–Kier alpha value is -1.06. The van der Waals surface area contributed by atoms with Gasteiger partial charge in [-0.1, -0.05) is 31.4 Å². The van der Waals surface area contributed by atoms with Gasteiger partial charge in [-0.25, -0.2) is 0 Å². The van der Waals surface area contributed by atoms with E-state index in [1.54, 1.807) is 0 Å². The first-order valence-corrected chi connectivity index (χ1v) is 7.77. The molecule has 0 aromatic heterocycles. The van der Waals surface area contributed by atoms with E-state index >= 15 is 0 Å². The molecule has 0 bridgehead atoms. The predicted molar refractivity (Wildman–Crippen MR) is 82.3 cm³/mol. The number of benzene rings is 1. The zero-order chi connectivity index (χ0) is 14.4. The molecule has 112 valence electrons. The fourth-order valence-electron chi connectivity index (χ4n) is 2.73. The Kier molecular flexibility index (Phi) is 5.86. The second-order valence-corrected chi connectivity index (χ2v) is 5.91. The summed E-state index contributed by atoms with van der Waals surface area (Å²) in [5.41, 5.74) is 2.37. The number of hydrogen-bond acceptors (Lipinski definition) is 3. The van der Waals surface area contributed by atoms with E-state index in [9.17, 15) is 5.11 Å². The van der Waals surface area contributed by atoms with Gasteiger partial charge in [0.2, 0.25) is 0 Å². The van der Waals surface area contributed by atoms with Gasteiger partial charge in [0.25, 0.3) is 0 Å². The first-order valence-electron chi connectivity index (χ1n) is 7.77. The molecule has 3 heteroatoms. The number of ether oxygens (including phenoxy) is 1. The van der Waals surface area contributed by atoms with Gasteiger partial charge in [-0.2, -0.15) is 0 Å². The van der Waals surface area contributed by atoms with Crippen molar-refractivity contribution in [1.29, 1.82) is 0 Å². The zero-order valence-electron chi connectivity index (χ0n) is 12.7. The van der Waals surface area contributed by atoms with Gasteiger partial charge >= 0.3 is 0 Å². The van der Waals surface area contributed by atoms with Crippen LogP contribution in [0, 0.1) is 13.8 Å². The molecule has 1 aliphatic carbocycles. The third-order valence-corrected chi connectivity index (χ3v) is 4.23. The van der Waals surface area contributed by atoms with E-state index in [4.69, 9.17) is 4.74 Å². The van der Waals surface area contributed by atoms with Gasteiger partial charge in [0.15, 0.2) is 0 Å². The van der Waals surface area contributed by atoms with E-state index in [1.165, 1.54) is 37.7 Å². The first-order chi connectivity index (χ1) is 9.66. The summed E-state index contributed by atoms with van der Waals surface area (Å²) in [6.07, 6.45) is 6.02. The van der Waals surface area contributed by atoms with Crippen LogP contribution < -0.4 is 10.1 Å². The predicted octanol–water partition coefficient (Wildman–Crippen LogP) is 2.97. The maximum atomic E-state index is 10.0. The van der Waals surface area contributed by atoms with E-state index in [0.29, 0.717) is 19.2 Å². The number of aryl methyl sites for hydroxylation is 1. The number of hydrogen-bond donors (Lipinski definition) is 2. The summed E-state index contributed by atoms with van der Waals surface area (Å²) in [5, 5.41) is 13.5. The number of nitrogens with one attached hydrogen (secondary N) is 1. The molecule has 0 heterocycles. The van der Waals surface area contributed by atoms with Crippen LogP contribution in [0.15, 0.2) is 18.2 Å². The molecule has 1 aromatic carbocycles. The largest absolute Gasteiger partial charge is 0.491 e. The van der Waals surface area contributed by atoms with Crippen molar-refractivity contribution in [2.24, 2.45) is 0 Å². The summed E-state index contributed by atoms with van der Waals surface area (Å²) in [6.45, 7) is 5.10. The van der Waals surface area contributed by atoms with Crippen LogP contribution in [0.2, 0.25) is 0 Å². The standard InChI is InChI=1S/C17H27NO2/c1-13-7-6-10-17(14(13)2)20-12-16(19)11-18-15-8-4-3-5-9-15/h6-7,10,15-16,18-19H,3-5,8-9,11-12H2,1-2H3/t16-/m0/s1. The van der Waals surface area contributed by atoms with E-state index < -0.39 is 6.10 Å². The highest BCUT2D eigenvalue weighted by Crippen LogP contribution is 2.20. The maximum absolute atomic E-state index is 10.0. The Morgan fingerprint density at radius 2 is 2.00 bits per heavy atom. The molecule has 1 fully saturated rings. The van der Waals surface area contributed by atoms with Gasteiger partial charge in [-0.05, 0) is 43.9 Å². The van der Waals surface area contributed by atoms with Gasteiger partial charge < -0.3 is 15.2 Å². The van der Waals surface area contributed by atoms with E-state index in [0.717, 1.165) is 11.3 Å². The van der Waals surface area contributed by atoms with Crippen LogP contribution in [0.5, 0.6) is 5.75 Å². The number of rotatable bonds is 6. The molecule has 1 atom stereocenters. The number of aliphatic hydroxyl groups is 1. The third-order valence-electron chi connectivity index (χ3n) is 4.23. The van der Waals surface area contributed by atoms with Crippen LogP contribution in [0.3, 0.4) is 0 Å². The van der Waals surface area contributed by atoms with E-state index in [2.05, 4.69) is 25.2 Å². The topological polar surface area (TPSA) is 41.5 Å². The van der Waals surface area contributed by atoms with Crippen molar-refractivity contribution < 1.29 is 9.84 Å². The minimum atomic E-state index is -0.447. The quantitative estimate of drug-likeness (QED) is 0.840. The molecule has 1 aromatic rings. The summed E-state index contributed by atoms with van der Waals surface area (Å²) < 4.78 is 5.73. The fraction of sp³-hybridized carbons (Fsp3) is 0.647. The SMILES string of the molecule is Cc1cccc(OC[C@@H](O)CNC2CCCCC2)c1C. The van der Waals surface area contributed by atoms with Crippen molar-refractivity contribution >= 4 is 0 Å². The molecule has 20 heavy (non-hydrogen) atoms. The highest BCUT2D eigenvalue weighted by molar-refractivity contribution is 5.38. The summed E-state index contributed by atoms with van der Waals surface area (Å²) >= 11 is 0. The van der Waals surface area contributed by atoms with Crippen LogP contribution in [-0.4, -0.2) is 30.4 Å². The van der Waals surface area contributed by atoms with Gasteiger partial charge in [0.1, 0.15) is 18.5 Å². The summed E-state index contributed by atoms with van der Waals surface area (Å²) in [4.78, 5) is 0. The molecule has 0 spiro atoms. The average Bonchev–Trinajstić information content (AvgIpc) is 2.48. The van der Waals surface area contributed by atoms with Crippen LogP contribution in [-0.2, 0) is 0 Å². The second-order valence-electron chi connectivity index (χ2n) is 5.91. The smallest absolute Gasteiger partial charge is 0.122 e. The van der Waals surface area contributed by atoms with Crippen molar-refractivity contribution in [2.45, 2.75) is 58.1 Å². The van der Waals surface area contributed by atoms with Crippen LogP contribution in [0.1, 0.15) is 43.2 Å². The molecule has 0 unspecified atom stereocenters. The lowest BCUT2D eigenvalue weighted by molar-refractivity contribution is 0.101. The summed E-state index contributed by atoms with van der Waals surface area (Å²) in [6, 6.07) is 6.61. The lowest BCUT2D eigenvalue weighted by atomic mass is 9.95. The lowest BCUT2D eigenvalue weighted by Gasteiger charge is -2.24. The van der Waals surface area contributed by atoms with Crippen LogP contribution >= 0.6 is 0 Å². The molecule has 0 aliphatic heterocycles. The summed E-state index contributed by atoms with van der Waals surface area (Å²) in [7, 11) is 0. The third kappa shape index (κ3) is 4.50. The Labute approximate surface area is 122 Å². The molecule has 0 saturated heterocycles. The zero-order valence-corrected chi connectivity index (χ0v) is 12.7. The van der Waals surface area contributed by atoms with Crippen molar-refractivity contribution in [3.05, 3.63) is 29.3 Å². The van der Waals surface area contributed by atoms with E-state index in [-0.39, 0.29) is 0 Å². The van der Waals surface area contributed by atoms with Crippen LogP contribution in [0.25, 0.3) is 0 Å². The highest BCUT2D eigenvalue weighted by Gasteiger charge is 2.14. The second kappa shape index (κ2) is 7.65. The summed E-state index contributed by atoms with van der Waals surface area (Å²) in [5.74, 6) is 0.877. The van der Waals surface area contributed by atoms with Gasteiger partial charge in [0, 0.05) is 12.6 Å². The van der Waals surface area contributed by atoms with E-state index in [1.807, 2.05) is 12.1 Å². The minimum Gasteiger partial charge on any atom is -0.491 e. The van der Waals surface area contributed by atoms with Crippen molar-refractivity contribution in [3.8, 4) is 5.75 Å². The molecular formula is C17H27NO2. The first kappa shape index (κ1) is 15.3. The molecule has 0 amide bonds. The molecule has 2 rings (SSSR count). The van der Waals surface area contributed by atoms with Crippen molar-refractivity contribution in [2.75, 3.05) is 13.2 Å². The van der Waals surface area contributed by atoms with Gasteiger partial charge in [-0.3, -0.25) is 0 Å². The molecule has 1 aliphatic rings. The maximum Gasteiger partial charge on any atom is 0.122 e. The molecule has 0 radical (unpaired) electrons. The minimum absolute atomic E-state index is 0.351. The molecular weight excluding hydrogens is 250 g/mol. The van der Waals surface area contributed by atoms with Crippen LogP contribution in [0.4, 0.5) is 0 Å². The molecule has 2 N–H and O–H groups in total. The fourth-order valence-corrected chi connectivity index (χ4v) is 2.73. The normalized spacial score (nSPS) is 17.9.